The summed E-state index contributed by atoms with van der Waals surface area (Å²) in [6, 6.07) is 2.34. The summed E-state index contributed by atoms with van der Waals surface area (Å²) in [6.45, 7) is 0. The molecule has 0 aliphatic rings. The van der Waals surface area contributed by atoms with Crippen molar-refractivity contribution in [3.05, 3.63) is 21.6 Å². The van der Waals surface area contributed by atoms with Gasteiger partial charge in [-0.1, -0.05) is 0 Å². The average molecular weight is 129 g/mol. The molecule has 0 saturated carbocycles. The molecule has 1 aromatic rings. The van der Waals surface area contributed by atoms with E-state index in [0.717, 1.165) is 11.5 Å². The van der Waals surface area contributed by atoms with Crippen LogP contribution in [0.15, 0.2) is 5.38 Å². The van der Waals surface area contributed by atoms with E-state index in [1.54, 1.807) is 0 Å². The third kappa shape index (κ3) is 0.812. The Morgan fingerprint density at radius 2 is 2.75 bits per heavy atom. The second-order valence-corrected chi connectivity index (χ2v) is 1.67. The lowest BCUT2D eigenvalue weighted by atomic mass is 10.7. The standard InChI is InChI=1S/C3HN2O2S/c6-5(7)3-1-2-8-4-3/h2H. The number of aromatic nitrogens is 1. The Kier molecular flexibility index (Phi) is 1.21. The van der Waals surface area contributed by atoms with Crippen molar-refractivity contribution >= 4 is 17.4 Å². The predicted octanol–water partition coefficient (Wildman–Crippen LogP) is 0.851. The second kappa shape index (κ2) is 1.87. The number of hydrogen-bond acceptors (Lipinski definition) is 4. The molecular formula is C3HN2O2S. The normalized spacial score (nSPS) is 9.00. The molecule has 0 N–H and O–H groups in total. The Balaban J connectivity index is 2.93. The first-order chi connectivity index (χ1) is 3.80. The maximum atomic E-state index is 9.78. The minimum atomic E-state index is -0.573. The maximum Gasteiger partial charge on any atom is 0.386 e. The molecule has 0 atom stereocenters. The van der Waals surface area contributed by atoms with Crippen LogP contribution in [0.5, 0.6) is 0 Å². The molecule has 0 spiro atoms. The van der Waals surface area contributed by atoms with E-state index in [2.05, 4.69) is 10.4 Å². The smallest absolute Gasteiger partial charge is 0.358 e. The molecule has 0 aliphatic carbocycles. The Morgan fingerprint density at radius 1 is 2.00 bits per heavy atom. The van der Waals surface area contributed by atoms with E-state index in [0.29, 0.717) is 0 Å². The minimum absolute atomic E-state index is 0.199. The first-order valence-corrected chi connectivity index (χ1v) is 2.61. The summed E-state index contributed by atoms with van der Waals surface area (Å²) in [7, 11) is 0. The van der Waals surface area contributed by atoms with Gasteiger partial charge in [0.25, 0.3) is 0 Å². The van der Waals surface area contributed by atoms with Gasteiger partial charge in [-0.25, -0.2) is 0 Å². The van der Waals surface area contributed by atoms with Gasteiger partial charge in [-0.3, -0.25) is 0 Å². The summed E-state index contributed by atoms with van der Waals surface area (Å²) in [5, 5.41) is 11.2. The van der Waals surface area contributed by atoms with Gasteiger partial charge in [0.05, 0.1) is 16.9 Å². The molecule has 0 bridgehead atoms. The van der Waals surface area contributed by atoms with Crippen LogP contribution in [0.3, 0.4) is 0 Å². The van der Waals surface area contributed by atoms with E-state index < -0.39 is 4.92 Å². The van der Waals surface area contributed by atoms with E-state index in [1.807, 2.05) is 0 Å². The highest BCUT2D eigenvalue weighted by atomic mass is 32.1. The number of hydrogen-bond donors (Lipinski definition) is 0. The fourth-order valence-electron chi connectivity index (χ4n) is 0.268. The molecule has 0 amide bonds. The van der Waals surface area contributed by atoms with Crippen molar-refractivity contribution in [1.29, 1.82) is 0 Å². The van der Waals surface area contributed by atoms with Gasteiger partial charge in [0.1, 0.15) is 6.07 Å². The van der Waals surface area contributed by atoms with Crippen molar-refractivity contribution in [3.63, 3.8) is 0 Å². The summed E-state index contributed by atoms with van der Waals surface area (Å²) in [5.41, 5.74) is 0. The zero-order chi connectivity index (χ0) is 5.98. The Hall–Kier alpha value is -0.970. The van der Waals surface area contributed by atoms with Gasteiger partial charge in [-0.2, -0.15) is 0 Å². The molecule has 1 rings (SSSR count). The fraction of sp³-hybridized carbons (Fsp3) is 0. The predicted molar refractivity (Wildman–Crippen MR) is 27.6 cm³/mol. The molecule has 0 fully saturated rings. The first kappa shape index (κ1) is 5.17. The van der Waals surface area contributed by atoms with Gasteiger partial charge in [-0.05, 0) is 4.92 Å². The monoisotopic (exact) mass is 129 g/mol. The van der Waals surface area contributed by atoms with Crippen LogP contribution in [0.1, 0.15) is 0 Å². The molecular weight excluding hydrogens is 128 g/mol. The molecule has 1 radical (unpaired) electrons. The van der Waals surface area contributed by atoms with Crippen LogP contribution in [0.25, 0.3) is 0 Å². The number of rotatable bonds is 1. The molecule has 0 aliphatic heterocycles. The SMILES string of the molecule is O=[N+]([O-])c1[c]csn1. The molecule has 0 unspecified atom stereocenters. The van der Waals surface area contributed by atoms with Crippen LogP contribution < -0.4 is 0 Å². The van der Waals surface area contributed by atoms with E-state index >= 15 is 0 Å². The highest BCUT2D eigenvalue weighted by Crippen LogP contribution is 2.06. The summed E-state index contributed by atoms with van der Waals surface area (Å²) in [5.74, 6) is -0.199. The molecule has 5 heteroatoms. The van der Waals surface area contributed by atoms with Crippen LogP contribution in [-0.2, 0) is 0 Å². The summed E-state index contributed by atoms with van der Waals surface area (Å²) in [6.07, 6.45) is 0. The van der Waals surface area contributed by atoms with E-state index in [4.69, 9.17) is 0 Å². The second-order valence-electron chi connectivity index (χ2n) is 1.04. The Bertz CT molecular complexity index is 183. The van der Waals surface area contributed by atoms with Crippen LogP contribution in [0, 0.1) is 16.2 Å². The topological polar surface area (TPSA) is 56.0 Å². The molecule has 0 aromatic carbocycles. The van der Waals surface area contributed by atoms with Crippen LogP contribution in [-0.4, -0.2) is 9.30 Å². The van der Waals surface area contributed by atoms with Crippen LogP contribution >= 0.6 is 11.5 Å². The summed E-state index contributed by atoms with van der Waals surface area (Å²) >= 11 is 1.02. The molecule has 1 aromatic heterocycles. The lowest BCUT2D eigenvalue weighted by molar-refractivity contribution is -0.389. The van der Waals surface area contributed by atoms with Crippen molar-refractivity contribution < 1.29 is 4.92 Å². The summed E-state index contributed by atoms with van der Waals surface area (Å²) in [4.78, 5) is 9.21. The van der Waals surface area contributed by atoms with E-state index in [-0.39, 0.29) is 5.82 Å². The third-order valence-electron chi connectivity index (χ3n) is 0.553. The third-order valence-corrected chi connectivity index (χ3v) is 1.05. The largest absolute Gasteiger partial charge is 0.386 e. The quantitative estimate of drug-likeness (QED) is 0.417. The molecule has 8 heavy (non-hydrogen) atoms. The molecule has 0 saturated heterocycles. The Morgan fingerprint density at radius 3 is 3.00 bits per heavy atom. The van der Waals surface area contributed by atoms with Crippen molar-refractivity contribution in [2.24, 2.45) is 0 Å². The van der Waals surface area contributed by atoms with Gasteiger partial charge in [-0.15, -0.1) is 0 Å². The zero-order valence-electron chi connectivity index (χ0n) is 3.70. The minimum Gasteiger partial charge on any atom is -0.358 e. The average Bonchev–Trinajstić information content (AvgIpc) is 2.12. The van der Waals surface area contributed by atoms with Crippen molar-refractivity contribution in [2.45, 2.75) is 0 Å². The van der Waals surface area contributed by atoms with Crippen molar-refractivity contribution in [1.82, 2.24) is 4.37 Å². The lowest BCUT2D eigenvalue weighted by Gasteiger charge is -1.80. The number of nitro groups is 1. The Labute approximate surface area is 49.1 Å². The van der Waals surface area contributed by atoms with Crippen molar-refractivity contribution in [3.8, 4) is 0 Å². The zero-order valence-corrected chi connectivity index (χ0v) is 4.51. The molecule has 1 heterocycles. The first-order valence-electron chi connectivity index (χ1n) is 1.77. The van der Waals surface area contributed by atoms with Crippen LogP contribution in [0.2, 0.25) is 0 Å². The van der Waals surface area contributed by atoms with Gasteiger partial charge in [0.15, 0.2) is 0 Å². The lowest BCUT2D eigenvalue weighted by Crippen LogP contribution is -1.85. The highest BCUT2D eigenvalue weighted by Gasteiger charge is 2.04. The molecule has 41 valence electrons. The van der Waals surface area contributed by atoms with Crippen molar-refractivity contribution in [2.75, 3.05) is 0 Å². The van der Waals surface area contributed by atoms with E-state index in [9.17, 15) is 10.1 Å². The fourth-order valence-corrected chi connectivity index (χ4v) is 0.698. The van der Waals surface area contributed by atoms with E-state index in [1.165, 1.54) is 5.38 Å². The van der Waals surface area contributed by atoms with Gasteiger partial charge < -0.3 is 10.1 Å². The van der Waals surface area contributed by atoms with Gasteiger partial charge >= 0.3 is 5.82 Å². The van der Waals surface area contributed by atoms with Gasteiger partial charge in [0, 0.05) is 4.37 Å². The maximum absolute atomic E-state index is 9.78. The summed E-state index contributed by atoms with van der Waals surface area (Å²) < 4.78 is 3.40. The highest BCUT2D eigenvalue weighted by molar-refractivity contribution is 7.03. The number of nitrogens with zero attached hydrogens (tertiary/aromatic N) is 2. The molecule has 4 nitrogen and oxygen atoms in total. The van der Waals surface area contributed by atoms with Crippen LogP contribution in [0.4, 0.5) is 5.82 Å². The van der Waals surface area contributed by atoms with Gasteiger partial charge in [0.2, 0.25) is 0 Å².